The molecule has 2 fully saturated rings. The fourth-order valence-corrected chi connectivity index (χ4v) is 7.68. The Hall–Kier alpha value is -1.07. The van der Waals surface area contributed by atoms with Crippen LogP contribution < -0.4 is 4.72 Å². The van der Waals surface area contributed by atoms with Gasteiger partial charge >= 0.3 is 0 Å². The molecule has 3 aliphatic rings. The van der Waals surface area contributed by atoms with Gasteiger partial charge in [0, 0.05) is 38.3 Å². The Morgan fingerprint density at radius 3 is 2.77 bits per heavy atom. The van der Waals surface area contributed by atoms with Crippen molar-refractivity contribution in [2.45, 2.75) is 44.2 Å². The normalized spacial score (nSPS) is 27.9. The molecule has 2 saturated heterocycles. The molecule has 0 radical (unpaired) electrons. The topological polar surface area (TPSA) is 86.8 Å². The highest BCUT2D eigenvalue weighted by atomic mass is 32.2. The number of rotatable bonds is 6. The third-order valence-corrected chi connectivity index (χ3v) is 9.38. The van der Waals surface area contributed by atoms with Crippen molar-refractivity contribution in [3.63, 3.8) is 0 Å². The van der Waals surface area contributed by atoms with Crippen LogP contribution in [0.25, 0.3) is 0 Å². The van der Waals surface area contributed by atoms with Gasteiger partial charge in [0.2, 0.25) is 20.0 Å². The summed E-state index contributed by atoms with van der Waals surface area (Å²) < 4.78 is 66.6. The molecule has 0 saturated carbocycles. The van der Waals surface area contributed by atoms with E-state index in [1.807, 2.05) is 6.07 Å². The van der Waals surface area contributed by atoms with E-state index >= 15 is 0 Å². The van der Waals surface area contributed by atoms with Gasteiger partial charge in [0.05, 0.1) is 12.0 Å². The SMILES string of the molecule is CS(=O)(=O)NCCCS(=O)(=O)N1CCC[C@@H]2CN3CCc4ccc(F)cc4[C@@H]3C[C@@H]21. The van der Waals surface area contributed by atoms with Crippen molar-refractivity contribution in [1.82, 2.24) is 13.9 Å². The highest BCUT2D eigenvalue weighted by molar-refractivity contribution is 7.89. The van der Waals surface area contributed by atoms with E-state index in [0.717, 1.165) is 49.7 Å². The first kappa shape index (κ1) is 22.1. The van der Waals surface area contributed by atoms with Crippen LogP contribution in [0.15, 0.2) is 18.2 Å². The smallest absolute Gasteiger partial charge is 0.214 e. The molecule has 7 nitrogen and oxygen atoms in total. The Morgan fingerprint density at radius 1 is 1.20 bits per heavy atom. The predicted octanol–water partition coefficient (Wildman–Crippen LogP) is 1.48. The number of halogens is 1. The Bertz CT molecular complexity index is 999. The van der Waals surface area contributed by atoms with Crippen LogP contribution in [-0.4, -0.2) is 70.3 Å². The summed E-state index contributed by atoms with van der Waals surface area (Å²) in [5.41, 5.74) is 2.16. The Labute approximate surface area is 178 Å². The van der Waals surface area contributed by atoms with Crippen molar-refractivity contribution < 1.29 is 21.2 Å². The quantitative estimate of drug-likeness (QED) is 0.651. The van der Waals surface area contributed by atoms with Crippen LogP contribution >= 0.6 is 0 Å². The molecule has 0 aromatic heterocycles. The molecule has 1 aromatic carbocycles. The molecule has 0 spiro atoms. The maximum Gasteiger partial charge on any atom is 0.214 e. The molecular formula is C20H30FN3O4S2. The predicted molar refractivity (Wildman–Crippen MR) is 114 cm³/mol. The second-order valence-corrected chi connectivity index (χ2v) is 12.6. The molecule has 10 heteroatoms. The molecule has 1 N–H and O–H groups in total. The van der Waals surface area contributed by atoms with Crippen LogP contribution in [0.2, 0.25) is 0 Å². The summed E-state index contributed by atoms with van der Waals surface area (Å²) in [6, 6.07) is 4.95. The third kappa shape index (κ3) is 4.72. The minimum atomic E-state index is -3.49. The summed E-state index contributed by atoms with van der Waals surface area (Å²) in [7, 11) is -6.81. The molecule has 3 atom stereocenters. The second-order valence-electron chi connectivity index (χ2n) is 8.76. The molecule has 30 heavy (non-hydrogen) atoms. The maximum atomic E-state index is 13.9. The van der Waals surface area contributed by atoms with Gasteiger partial charge in [-0.25, -0.2) is 25.9 Å². The van der Waals surface area contributed by atoms with Crippen LogP contribution in [0.4, 0.5) is 4.39 Å². The molecule has 0 bridgehead atoms. The zero-order valence-corrected chi connectivity index (χ0v) is 18.9. The summed E-state index contributed by atoms with van der Waals surface area (Å²) in [6.45, 7) is 2.39. The lowest BCUT2D eigenvalue weighted by atomic mass is 9.77. The summed E-state index contributed by atoms with van der Waals surface area (Å²) >= 11 is 0. The summed E-state index contributed by atoms with van der Waals surface area (Å²) in [5.74, 6) is -0.0310. The second kappa shape index (κ2) is 8.46. The van der Waals surface area contributed by atoms with Crippen LogP contribution in [0.1, 0.15) is 42.9 Å². The van der Waals surface area contributed by atoms with Crippen molar-refractivity contribution in [2.24, 2.45) is 5.92 Å². The fraction of sp³-hybridized carbons (Fsp3) is 0.700. The van der Waals surface area contributed by atoms with E-state index in [4.69, 9.17) is 0 Å². The first-order chi connectivity index (χ1) is 14.1. The number of hydrogen-bond donors (Lipinski definition) is 1. The molecule has 3 aliphatic heterocycles. The minimum absolute atomic E-state index is 0.0494. The van der Waals surface area contributed by atoms with Crippen LogP contribution in [0.5, 0.6) is 0 Å². The number of fused-ring (bicyclic) bond motifs is 4. The van der Waals surface area contributed by atoms with Gasteiger partial charge in [-0.05, 0) is 61.3 Å². The monoisotopic (exact) mass is 459 g/mol. The lowest BCUT2D eigenvalue weighted by molar-refractivity contribution is 0.0218. The van der Waals surface area contributed by atoms with E-state index < -0.39 is 20.0 Å². The molecule has 4 rings (SSSR count). The lowest BCUT2D eigenvalue weighted by Gasteiger charge is -2.51. The third-order valence-electron chi connectivity index (χ3n) is 6.68. The molecular weight excluding hydrogens is 429 g/mol. The Balaban J connectivity index is 1.50. The van der Waals surface area contributed by atoms with Crippen molar-refractivity contribution >= 4 is 20.0 Å². The van der Waals surface area contributed by atoms with E-state index in [-0.39, 0.29) is 42.5 Å². The first-order valence-electron chi connectivity index (χ1n) is 10.6. The van der Waals surface area contributed by atoms with Gasteiger partial charge in [-0.2, -0.15) is 4.31 Å². The van der Waals surface area contributed by atoms with Gasteiger partial charge in [-0.15, -0.1) is 0 Å². The summed E-state index contributed by atoms with van der Waals surface area (Å²) in [6.07, 6.45) is 4.74. The maximum absolute atomic E-state index is 13.9. The van der Waals surface area contributed by atoms with Crippen LogP contribution in [-0.2, 0) is 26.5 Å². The number of benzene rings is 1. The van der Waals surface area contributed by atoms with Gasteiger partial charge in [-0.3, -0.25) is 4.90 Å². The molecule has 0 unspecified atom stereocenters. The average Bonchev–Trinajstić information content (AvgIpc) is 2.68. The highest BCUT2D eigenvalue weighted by Crippen LogP contribution is 2.43. The summed E-state index contributed by atoms with van der Waals surface area (Å²) in [5, 5.41) is 0. The van der Waals surface area contributed by atoms with Gasteiger partial charge < -0.3 is 0 Å². The van der Waals surface area contributed by atoms with Gasteiger partial charge in [0.15, 0.2) is 0 Å². The van der Waals surface area contributed by atoms with E-state index in [2.05, 4.69) is 9.62 Å². The standard InChI is InChI=1S/C20H30FN3O4S2/c1-29(25,26)22-8-3-11-30(27,28)24-9-2-4-16-14-23-10-7-15-5-6-17(21)12-18(15)20(23)13-19(16)24/h5-6,12,16,19-20,22H,2-4,7-11,13-14H2,1H3/t16-,19+,20+/m1/s1. The number of nitrogens with zero attached hydrogens (tertiary/aromatic N) is 2. The van der Waals surface area contributed by atoms with Gasteiger partial charge in [0.1, 0.15) is 5.82 Å². The largest absolute Gasteiger partial charge is 0.296 e. The number of piperidine rings is 2. The van der Waals surface area contributed by atoms with Crippen LogP contribution in [0, 0.1) is 11.7 Å². The molecule has 0 amide bonds. The Kier molecular flexibility index (Phi) is 6.24. The molecule has 3 heterocycles. The highest BCUT2D eigenvalue weighted by Gasteiger charge is 2.45. The number of sulfonamides is 2. The van der Waals surface area contributed by atoms with E-state index in [1.165, 1.54) is 6.07 Å². The van der Waals surface area contributed by atoms with E-state index in [0.29, 0.717) is 13.0 Å². The molecule has 1 aromatic rings. The molecule has 0 aliphatic carbocycles. The average molecular weight is 460 g/mol. The van der Waals surface area contributed by atoms with E-state index in [1.54, 1.807) is 10.4 Å². The van der Waals surface area contributed by atoms with Crippen molar-refractivity contribution in [3.8, 4) is 0 Å². The van der Waals surface area contributed by atoms with Crippen molar-refractivity contribution in [2.75, 3.05) is 38.2 Å². The minimum Gasteiger partial charge on any atom is -0.296 e. The zero-order valence-electron chi connectivity index (χ0n) is 17.3. The summed E-state index contributed by atoms with van der Waals surface area (Å²) in [4.78, 5) is 2.40. The fourth-order valence-electron chi connectivity index (χ4n) is 5.35. The number of hydrogen-bond acceptors (Lipinski definition) is 5. The van der Waals surface area contributed by atoms with Crippen molar-refractivity contribution in [3.05, 3.63) is 35.1 Å². The zero-order chi connectivity index (χ0) is 21.5. The van der Waals surface area contributed by atoms with Gasteiger partial charge in [-0.1, -0.05) is 6.07 Å². The number of nitrogens with one attached hydrogen (secondary N) is 1. The van der Waals surface area contributed by atoms with E-state index in [9.17, 15) is 21.2 Å². The van der Waals surface area contributed by atoms with Crippen LogP contribution in [0.3, 0.4) is 0 Å². The van der Waals surface area contributed by atoms with Gasteiger partial charge in [0.25, 0.3) is 0 Å². The van der Waals surface area contributed by atoms with Crippen molar-refractivity contribution in [1.29, 1.82) is 0 Å². The lowest BCUT2D eigenvalue weighted by Crippen LogP contribution is -2.57. The molecule has 168 valence electrons. The Morgan fingerprint density at radius 2 is 2.00 bits per heavy atom. The first-order valence-corrected chi connectivity index (χ1v) is 14.1.